The van der Waals surface area contributed by atoms with E-state index in [1.54, 1.807) is 16.4 Å². The Labute approximate surface area is 145 Å². The summed E-state index contributed by atoms with van der Waals surface area (Å²) in [6.07, 6.45) is 1.87. The van der Waals surface area contributed by atoms with Crippen LogP contribution in [0.1, 0.15) is 46.1 Å². The molecule has 2 aliphatic rings. The molecular formula is C17H26BNO4S. The van der Waals surface area contributed by atoms with E-state index in [9.17, 15) is 8.42 Å². The first kappa shape index (κ1) is 17.9. The second kappa shape index (κ2) is 5.83. The zero-order valence-electron chi connectivity index (χ0n) is 15.1. The van der Waals surface area contributed by atoms with Crippen molar-refractivity contribution in [3.63, 3.8) is 0 Å². The van der Waals surface area contributed by atoms with Gasteiger partial charge in [-0.3, -0.25) is 0 Å². The molecule has 0 aliphatic carbocycles. The van der Waals surface area contributed by atoms with Gasteiger partial charge in [0.2, 0.25) is 10.0 Å². The summed E-state index contributed by atoms with van der Waals surface area (Å²) in [5, 5.41) is 0. The lowest BCUT2D eigenvalue weighted by Crippen LogP contribution is -2.41. The number of sulfonamides is 1. The van der Waals surface area contributed by atoms with Crippen molar-refractivity contribution in [2.45, 2.75) is 63.6 Å². The maximum Gasteiger partial charge on any atom is 0.494 e. The SMILES string of the molecule is Cc1cc(B2OC(C)(C)C(C)(C)O2)ccc1S(=O)(=O)N1CCCC1. The summed E-state index contributed by atoms with van der Waals surface area (Å²) in [5.74, 6) is 0. The van der Waals surface area contributed by atoms with Gasteiger partial charge < -0.3 is 9.31 Å². The summed E-state index contributed by atoms with van der Waals surface area (Å²) in [6.45, 7) is 11.1. The van der Waals surface area contributed by atoms with Crippen LogP contribution in [0.4, 0.5) is 0 Å². The summed E-state index contributed by atoms with van der Waals surface area (Å²) in [7, 11) is -3.88. The van der Waals surface area contributed by atoms with Crippen LogP contribution in [-0.4, -0.2) is 44.1 Å². The normalized spacial score (nSPS) is 23.8. The molecule has 0 spiro atoms. The van der Waals surface area contributed by atoms with E-state index in [0.29, 0.717) is 18.0 Å². The molecule has 5 nitrogen and oxygen atoms in total. The van der Waals surface area contributed by atoms with Crippen LogP contribution in [-0.2, 0) is 19.3 Å². The van der Waals surface area contributed by atoms with Gasteiger partial charge in [-0.1, -0.05) is 12.1 Å². The molecule has 24 heavy (non-hydrogen) atoms. The summed E-state index contributed by atoms with van der Waals surface area (Å²) >= 11 is 0. The standard InChI is InChI=1S/C17H26BNO4S/c1-13-12-14(18-22-16(2,3)17(4,5)23-18)8-9-15(13)24(20,21)19-10-6-7-11-19/h8-9,12H,6-7,10-11H2,1-5H3. The summed E-state index contributed by atoms with van der Waals surface area (Å²) in [5.41, 5.74) is 0.762. The highest BCUT2D eigenvalue weighted by Crippen LogP contribution is 2.36. The fraction of sp³-hybridized carbons (Fsp3) is 0.647. The van der Waals surface area contributed by atoms with Crippen LogP contribution in [0.3, 0.4) is 0 Å². The molecule has 0 atom stereocenters. The average molecular weight is 351 g/mol. The minimum Gasteiger partial charge on any atom is -0.399 e. The van der Waals surface area contributed by atoms with Gasteiger partial charge in [0, 0.05) is 13.1 Å². The van der Waals surface area contributed by atoms with Crippen molar-refractivity contribution >= 4 is 22.6 Å². The predicted octanol–water partition coefficient (Wildman–Crippen LogP) is 2.08. The Bertz CT molecular complexity index is 723. The van der Waals surface area contributed by atoms with Gasteiger partial charge in [-0.05, 0) is 64.6 Å². The average Bonchev–Trinajstić information content (AvgIpc) is 3.06. The number of hydrogen-bond donors (Lipinski definition) is 0. The third kappa shape index (κ3) is 2.92. The van der Waals surface area contributed by atoms with Crippen molar-refractivity contribution in [3.8, 4) is 0 Å². The number of hydrogen-bond acceptors (Lipinski definition) is 4. The van der Waals surface area contributed by atoms with Crippen LogP contribution in [0.25, 0.3) is 0 Å². The fourth-order valence-electron chi connectivity index (χ4n) is 3.16. The molecule has 132 valence electrons. The predicted molar refractivity (Wildman–Crippen MR) is 94.9 cm³/mol. The largest absolute Gasteiger partial charge is 0.494 e. The lowest BCUT2D eigenvalue weighted by atomic mass is 9.78. The molecular weight excluding hydrogens is 325 g/mol. The molecule has 1 aromatic carbocycles. The molecule has 3 rings (SSSR count). The van der Waals surface area contributed by atoms with Gasteiger partial charge in [-0.25, -0.2) is 8.42 Å². The van der Waals surface area contributed by atoms with E-state index < -0.39 is 28.3 Å². The van der Waals surface area contributed by atoms with Crippen molar-refractivity contribution in [1.82, 2.24) is 4.31 Å². The highest BCUT2D eigenvalue weighted by Gasteiger charge is 2.51. The maximum atomic E-state index is 12.8. The Morgan fingerprint density at radius 3 is 2.08 bits per heavy atom. The van der Waals surface area contributed by atoms with Gasteiger partial charge in [0.15, 0.2) is 0 Å². The van der Waals surface area contributed by atoms with E-state index >= 15 is 0 Å². The third-order valence-corrected chi connectivity index (χ3v) is 7.47. The van der Waals surface area contributed by atoms with E-state index in [1.165, 1.54) is 0 Å². The van der Waals surface area contributed by atoms with Crippen LogP contribution >= 0.6 is 0 Å². The lowest BCUT2D eigenvalue weighted by molar-refractivity contribution is 0.00578. The van der Waals surface area contributed by atoms with Crippen molar-refractivity contribution < 1.29 is 17.7 Å². The topological polar surface area (TPSA) is 55.8 Å². The van der Waals surface area contributed by atoms with Gasteiger partial charge in [-0.15, -0.1) is 0 Å². The summed E-state index contributed by atoms with van der Waals surface area (Å²) < 4.78 is 39.2. The van der Waals surface area contributed by atoms with E-state index in [4.69, 9.17) is 9.31 Å². The quantitative estimate of drug-likeness (QED) is 0.783. The Hall–Kier alpha value is -0.885. The Kier molecular flexibility index (Phi) is 4.36. The first-order valence-corrected chi connectivity index (χ1v) is 9.95. The molecule has 2 saturated heterocycles. The zero-order chi connectivity index (χ0) is 17.8. The van der Waals surface area contributed by atoms with Crippen LogP contribution in [0.2, 0.25) is 0 Å². The van der Waals surface area contributed by atoms with E-state index in [1.807, 2.05) is 40.7 Å². The highest BCUT2D eigenvalue weighted by atomic mass is 32.2. The molecule has 0 bridgehead atoms. The van der Waals surface area contributed by atoms with Gasteiger partial charge in [0.1, 0.15) is 0 Å². The molecule has 2 aliphatic heterocycles. The minimum absolute atomic E-state index is 0.379. The minimum atomic E-state index is -3.40. The third-order valence-electron chi connectivity index (χ3n) is 5.41. The molecule has 7 heteroatoms. The van der Waals surface area contributed by atoms with Crippen molar-refractivity contribution in [3.05, 3.63) is 23.8 Å². The van der Waals surface area contributed by atoms with Gasteiger partial charge in [-0.2, -0.15) is 4.31 Å². The number of rotatable bonds is 3. The molecule has 0 unspecified atom stereocenters. The molecule has 0 aromatic heterocycles. The molecule has 0 radical (unpaired) electrons. The van der Waals surface area contributed by atoms with Crippen molar-refractivity contribution in [2.75, 3.05) is 13.1 Å². The van der Waals surface area contributed by atoms with Crippen molar-refractivity contribution in [1.29, 1.82) is 0 Å². The number of aryl methyl sites for hydroxylation is 1. The monoisotopic (exact) mass is 351 g/mol. The summed E-state index contributed by atoms with van der Waals surface area (Å²) in [4.78, 5) is 0.379. The van der Waals surface area contributed by atoms with Crippen molar-refractivity contribution in [2.24, 2.45) is 0 Å². The lowest BCUT2D eigenvalue weighted by Gasteiger charge is -2.32. The molecule has 1 aromatic rings. The Balaban J connectivity index is 1.89. The molecule has 2 fully saturated rings. The molecule has 2 heterocycles. The smallest absolute Gasteiger partial charge is 0.399 e. The summed E-state index contributed by atoms with van der Waals surface area (Å²) in [6, 6.07) is 5.35. The highest BCUT2D eigenvalue weighted by molar-refractivity contribution is 7.89. The van der Waals surface area contributed by atoms with Gasteiger partial charge >= 0.3 is 7.12 Å². The van der Waals surface area contributed by atoms with E-state index in [-0.39, 0.29) is 0 Å². The first-order valence-electron chi connectivity index (χ1n) is 8.51. The number of nitrogens with zero attached hydrogens (tertiary/aromatic N) is 1. The molecule has 0 amide bonds. The van der Waals surface area contributed by atoms with Crippen LogP contribution in [0, 0.1) is 6.92 Å². The van der Waals surface area contributed by atoms with Gasteiger partial charge in [0.25, 0.3) is 0 Å². The first-order chi connectivity index (χ1) is 11.0. The Morgan fingerprint density at radius 1 is 1.04 bits per heavy atom. The molecule has 0 saturated carbocycles. The maximum absolute atomic E-state index is 12.8. The van der Waals surface area contributed by atoms with E-state index in [0.717, 1.165) is 23.9 Å². The number of benzene rings is 1. The van der Waals surface area contributed by atoms with Gasteiger partial charge in [0.05, 0.1) is 16.1 Å². The fourth-order valence-corrected chi connectivity index (χ4v) is 4.88. The second-order valence-electron chi connectivity index (χ2n) is 7.72. The molecule has 0 N–H and O–H groups in total. The zero-order valence-corrected chi connectivity index (χ0v) is 15.9. The van der Waals surface area contributed by atoms with E-state index in [2.05, 4.69) is 0 Å². The second-order valence-corrected chi connectivity index (χ2v) is 9.63. The van der Waals surface area contributed by atoms with Crippen LogP contribution in [0.15, 0.2) is 23.1 Å². The Morgan fingerprint density at radius 2 is 1.58 bits per heavy atom. The van der Waals surface area contributed by atoms with Crippen LogP contribution in [0.5, 0.6) is 0 Å². The van der Waals surface area contributed by atoms with Crippen LogP contribution < -0.4 is 5.46 Å².